The van der Waals surface area contributed by atoms with E-state index in [1.54, 1.807) is 0 Å². The number of ether oxygens (including phenoxy) is 1. The highest BCUT2D eigenvalue weighted by molar-refractivity contribution is 5.91. The normalized spacial score (nSPS) is 30.4. The molecule has 2 aromatic carbocycles. The summed E-state index contributed by atoms with van der Waals surface area (Å²) in [5.41, 5.74) is 4.00. The molecular weight excluding hydrogens is 448 g/mol. The maximum Gasteiger partial charge on any atom is 0.407 e. The Labute approximate surface area is 202 Å². The van der Waals surface area contributed by atoms with Crippen molar-refractivity contribution < 1.29 is 29.3 Å². The number of benzene rings is 2. The number of fused-ring (bicyclic) bond motifs is 4. The van der Waals surface area contributed by atoms with Crippen LogP contribution in [0.1, 0.15) is 42.7 Å². The van der Waals surface area contributed by atoms with Gasteiger partial charge in [0.15, 0.2) is 0 Å². The zero-order valence-electron chi connectivity index (χ0n) is 19.2. The molecule has 2 aromatic rings. The lowest BCUT2D eigenvalue weighted by molar-refractivity contribution is -0.150. The topological polar surface area (TPSA) is 116 Å². The molecule has 2 amide bonds. The van der Waals surface area contributed by atoms with Gasteiger partial charge in [0.2, 0.25) is 5.91 Å². The number of carboxylic acid groups (broad SMARTS) is 1. The summed E-state index contributed by atoms with van der Waals surface area (Å²) >= 11 is 0. The van der Waals surface area contributed by atoms with Crippen LogP contribution in [0.15, 0.2) is 48.5 Å². The van der Waals surface area contributed by atoms with E-state index in [1.807, 2.05) is 24.3 Å². The fourth-order valence-corrected chi connectivity index (χ4v) is 6.63. The monoisotopic (exact) mass is 476 g/mol. The Morgan fingerprint density at radius 3 is 2.31 bits per heavy atom. The van der Waals surface area contributed by atoms with E-state index in [9.17, 15) is 24.6 Å². The number of hydrogen-bond donors (Lipinski definition) is 3. The molecule has 0 spiro atoms. The van der Waals surface area contributed by atoms with Crippen molar-refractivity contribution in [2.45, 2.75) is 49.8 Å². The first-order valence-electron chi connectivity index (χ1n) is 12.2. The van der Waals surface area contributed by atoms with Gasteiger partial charge in [-0.15, -0.1) is 0 Å². The fraction of sp³-hybridized carbons (Fsp3) is 0.444. The molecular formula is C27H28N2O6. The highest BCUT2D eigenvalue weighted by atomic mass is 16.5. The van der Waals surface area contributed by atoms with Gasteiger partial charge in [-0.3, -0.25) is 4.79 Å². The van der Waals surface area contributed by atoms with Crippen molar-refractivity contribution in [1.82, 2.24) is 10.2 Å². The maximum absolute atomic E-state index is 13.2. The number of carbonyl (C=O) groups excluding carboxylic acids is 2. The van der Waals surface area contributed by atoms with E-state index < -0.39 is 29.6 Å². The van der Waals surface area contributed by atoms with Gasteiger partial charge in [-0.25, -0.2) is 9.59 Å². The number of likely N-dealkylation sites (tertiary alicyclic amines) is 1. The molecule has 3 N–H and O–H groups in total. The Morgan fingerprint density at radius 2 is 1.66 bits per heavy atom. The first-order chi connectivity index (χ1) is 16.9. The summed E-state index contributed by atoms with van der Waals surface area (Å²) < 4.78 is 5.65. The number of amides is 2. The van der Waals surface area contributed by atoms with E-state index in [-0.39, 0.29) is 43.4 Å². The maximum atomic E-state index is 13.2. The molecule has 35 heavy (non-hydrogen) atoms. The molecule has 0 aromatic heterocycles. The molecule has 4 aliphatic rings. The van der Waals surface area contributed by atoms with E-state index >= 15 is 0 Å². The predicted octanol–water partition coefficient (Wildman–Crippen LogP) is 2.74. The van der Waals surface area contributed by atoms with Crippen LogP contribution in [0.25, 0.3) is 11.1 Å². The molecule has 0 radical (unpaired) electrons. The third-order valence-electron chi connectivity index (χ3n) is 8.33. The molecule has 5 atom stereocenters. The largest absolute Gasteiger partial charge is 0.480 e. The van der Waals surface area contributed by atoms with Gasteiger partial charge in [-0.1, -0.05) is 48.5 Å². The molecule has 8 heteroatoms. The van der Waals surface area contributed by atoms with E-state index in [1.165, 1.54) is 16.0 Å². The molecule has 2 saturated carbocycles. The Bertz CT molecular complexity index is 1170. The summed E-state index contributed by atoms with van der Waals surface area (Å²) in [5.74, 6) is -1.19. The molecule has 0 bridgehead atoms. The molecule has 3 fully saturated rings. The lowest BCUT2D eigenvalue weighted by Crippen LogP contribution is -2.45. The molecule has 1 heterocycles. The number of aliphatic hydroxyl groups excluding tert-OH is 1. The van der Waals surface area contributed by atoms with Crippen LogP contribution in [0.2, 0.25) is 0 Å². The van der Waals surface area contributed by atoms with E-state index in [0.29, 0.717) is 19.3 Å². The van der Waals surface area contributed by atoms with E-state index in [2.05, 4.69) is 29.6 Å². The van der Waals surface area contributed by atoms with Gasteiger partial charge < -0.3 is 25.2 Å². The van der Waals surface area contributed by atoms with Crippen molar-refractivity contribution in [1.29, 1.82) is 0 Å². The van der Waals surface area contributed by atoms with Crippen LogP contribution in [-0.2, 0) is 14.3 Å². The second-order valence-electron chi connectivity index (χ2n) is 10.4. The quantitative estimate of drug-likeness (QED) is 0.611. The smallest absolute Gasteiger partial charge is 0.407 e. The van der Waals surface area contributed by atoms with Crippen molar-refractivity contribution in [3.05, 3.63) is 59.7 Å². The number of alkyl carbamates (subject to hydrolysis) is 1. The molecule has 1 aliphatic heterocycles. The number of nitrogens with one attached hydrogen (secondary N) is 1. The highest BCUT2D eigenvalue weighted by Crippen LogP contribution is 2.64. The standard InChI is InChI=1S/C27H28N2O6/c30-17-10-23(24(31)32)29(13-17)25(33)27-11-15(27)9-16(12-27)28-26(34)35-14-22-20-7-3-1-5-18(20)19-6-2-4-8-21(19)22/h1-8,15-17,22-23,30H,9-14H2,(H,28,34)(H,31,32)/t15?,16?,17-,23+,27?/m1/s1. The van der Waals surface area contributed by atoms with Crippen molar-refractivity contribution in [3.8, 4) is 11.1 Å². The number of carboxylic acids is 1. The van der Waals surface area contributed by atoms with Gasteiger partial charge in [0.1, 0.15) is 12.6 Å². The van der Waals surface area contributed by atoms with Gasteiger partial charge in [-0.05, 0) is 47.4 Å². The molecule has 8 nitrogen and oxygen atoms in total. The van der Waals surface area contributed by atoms with Gasteiger partial charge in [-0.2, -0.15) is 0 Å². The third kappa shape index (κ3) is 3.58. The van der Waals surface area contributed by atoms with Crippen molar-refractivity contribution in [2.75, 3.05) is 13.2 Å². The van der Waals surface area contributed by atoms with Crippen LogP contribution in [0.5, 0.6) is 0 Å². The summed E-state index contributed by atoms with van der Waals surface area (Å²) in [6.07, 6.45) is 0.589. The third-order valence-corrected chi connectivity index (χ3v) is 8.33. The van der Waals surface area contributed by atoms with Crippen LogP contribution >= 0.6 is 0 Å². The van der Waals surface area contributed by atoms with Crippen molar-refractivity contribution in [3.63, 3.8) is 0 Å². The molecule has 6 rings (SSSR count). The van der Waals surface area contributed by atoms with Crippen LogP contribution in [-0.4, -0.2) is 64.4 Å². The minimum atomic E-state index is -1.09. The summed E-state index contributed by atoms with van der Waals surface area (Å²) in [6, 6.07) is 15.1. The minimum absolute atomic E-state index is 0.0207. The summed E-state index contributed by atoms with van der Waals surface area (Å²) in [5, 5.41) is 22.3. The van der Waals surface area contributed by atoms with Crippen LogP contribution < -0.4 is 5.32 Å². The number of hydrogen-bond acceptors (Lipinski definition) is 5. The molecule has 3 aliphatic carbocycles. The number of nitrogens with zero attached hydrogens (tertiary/aromatic N) is 1. The Balaban J connectivity index is 1.08. The van der Waals surface area contributed by atoms with E-state index in [0.717, 1.165) is 11.1 Å². The van der Waals surface area contributed by atoms with Gasteiger partial charge in [0, 0.05) is 24.9 Å². The van der Waals surface area contributed by atoms with Crippen LogP contribution in [0.3, 0.4) is 0 Å². The second kappa shape index (κ2) is 8.09. The van der Waals surface area contributed by atoms with Gasteiger partial charge in [0.25, 0.3) is 0 Å². The Morgan fingerprint density at radius 1 is 1.00 bits per heavy atom. The van der Waals surface area contributed by atoms with E-state index in [4.69, 9.17) is 4.74 Å². The first-order valence-corrected chi connectivity index (χ1v) is 12.2. The average Bonchev–Trinajstić information content (AvgIpc) is 3.13. The number of β-amino-alcohol motifs (C(OH)–C–C–N with tert-alkyl or cyclic N) is 1. The molecule has 3 unspecified atom stereocenters. The van der Waals surface area contributed by atoms with Crippen molar-refractivity contribution in [2.24, 2.45) is 11.3 Å². The Hall–Kier alpha value is -3.39. The number of aliphatic carboxylic acids is 1. The highest BCUT2D eigenvalue weighted by Gasteiger charge is 2.67. The van der Waals surface area contributed by atoms with Crippen LogP contribution in [0.4, 0.5) is 4.79 Å². The zero-order chi connectivity index (χ0) is 24.3. The lowest BCUT2D eigenvalue weighted by atomic mass is 9.98. The van der Waals surface area contributed by atoms with Gasteiger partial charge in [0.05, 0.1) is 11.5 Å². The lowest BCUT2D eigenvalue weighted by Gasteiger charge is -2.26. The number of rotatable bonds is 5. The SMILES string of the molecule is O=C(NC1CC2CC2(C(=O)N2C[C@H](O)C[C@H]2C(=O)O)C1)OCC1c2ccccc2-c2ccccc21. The summed E-state index contributed by atoms with van der Waals surface area (Å²) in [7, 11) is 0. The van der Waals surface area contributed by atoms with Crippen molar-refractivity contribution >= 4 is 18.0 Å². The minimum Gasteiger partial charge on any atom is -0.480 e. The first kappa shape index (κ1) is 22.1. The van der Waals surface area contributed by atoms with Gasteiger partial charge >= 0.3 is 12.1 Å². The summed E-state index contributed by atoms with van der Waals surface area (Å²) in [4.78, 5) is 38.8. The number of carbonyl (C=O) groups is 3. The Kier molecular flexibility index (Phi) is 5.11. The number of aliphatic hydroxyl groups is 1. The molecule has 182 valence electrons. The fourth-order valence-electron chi connectivity index (χ4n) is 6.63. The second-order valence-corrected chi connectivity index (χ2v) is 10.4. The predicted molar refractivity (Wildman–Crippen MR) is 126 cm³/mol. The summed E-state index contributed by atoms with van der Waals surface area (Å²) in [6.45, 7) is 0.279. The average molecular weight is 477 g/mol. The zero-order valence-corrected chi connectivity index (χ0v) is 19.2. The van der Waals surface area contributed by atoms with Crippen LogP contribution in [0, 0.1) is 11.3 Å². The molecule has 1 saturated heterocycles.